The number of nitrogens with one attached hydrogen (secondary N) is 1. The van der Waals surface area contributed by atoms with Gasteiger partial charge in [-0.25, -0.2) is 0 Å². The molecule has 2 aromatic carbocycles. The van der Waals surface area contributed by atoms with Crippen LogP contribution in [0.4, 0.5) is 11.4 Å². The highest BCUT2D eigenvalue weighted by Gasteiger charge is 2.23. The van der Waals surface area contributed by atoms with Gasteiger partial charge in [-0.2, -0.15) is 0 Å². The maximum absolute atomic E-state index is 12.1. The Hall–Kier alpha value is -2.95. The van der Waals surface area contributed by atoms with E-state index in [4.69, 9.17) is 0 Å². The van der Waals surface area contributed by atoms with Gasteiger partial charge >= 0.3 is 0 Å². The van der Waals surface area contributed by atoms with E-state index in [-0.39, 0.29) is 11.5 Å². The molecule has 20 heavy (non-hydrogen) atoms. The maximum Gasteiger partial charge on any atom is 0.269 e. The van der Waals surface area contributed by atoms with Gasteiger partial charge < -0.3 is 5.32 Å². The van der Waals surface area contributed by atoms with E-state index in [1.165, 1.54) is 12.1 Å². The second-order valence-electron chi connectivity index (χ2n) is 4.41. The number of para-hydroxylation sites is 1. The summed E-state index contributed by atoms with van der Waals surface area (Å²) in [4.78, 5) is 22.3. The van der Waals surface area contributed by atoms with Gasteiger partial charge in [-0.1, -0.05) is 12.1 Å². The van der Waals surface area contributed by atoms with Crippen LogP contribution in [0.25, 0.3) is 6.08 Å². The summed E-state index contributed by atoms with van der Waals surface area (Å²) in [5.41, 5.74) is 2.66. The number of Topliss-reactive ketones (excluding diaryl/α,β-unsaturated/α-hetero) is 1. The number of benzene rings is 2. The van der Waals surface area contributed by atoms with Crippen molar-refractivity contribution in [3.8, 4) is 0 Å². The van der Waals surface area contributed by atoms with Gasteiger partial charge in [0.15, 0.2) is 0 Å². The van der Waals surface area contributed by atoms with Gasteiger partial charge in [-0.05, 0) is 35.9 Å². The fraction of sp³-hybridized carbons (Fsp3) is 0. The fourth-order valence-corrected chi connectivity index (χ4v) is 2.10. The average Bonchev–Trinajstić information content (AvgIpc) is 2.77. The van der Waals surface area contributed by atoms with Crippen LogP contribution in [0.5, 0.6) is 0 Å². The number of hydrogen-bond donors (Lipinski definition) is 1. The van der Waals surface area contributed by atoms with Crippen LogP contribution < -0.4 is 5.32 Å². The molecule has 0 radical (unpaired) electrons. The zero-order valence-corrected chi connectivity index (χ0v) is 10.4. The maximum atomic E-state index is 12.1. The number of allylic oxidation sites excluding steroid dienone is 1. The Morgan fingerprint density at radius 2 is 1.75 bits per heavy atom. The molecule has 0 amide bonds. The Morgan fingerprint density at radius 1 is 1.05 bits per heavy atom. The van der Waals surface area contributed by atoms with Crippen molar-refractivity contribution in [2.45, 2.75) is 0 Å². The minimum Gasteiger partial charge on any atom is -0.352 e. The van der Waals surface area contributed by atoms with E-state index in [1.54, 1.807) is 24.3 Å². The minimum atomic E-state index is -0.453. The molecule has 0 spiro atoms. The van der Waals surface area contributed by atoms with E-state index >= 15 is 0 Å². The summed E-state index contributed by atoms with van der Waals surface area (Å²) in [5, 5.41) is 13.6. The Balaban J connectivity index is 1.91. The van der Waals surface area contributed by atoms with Crippen molar-refractivity contribution in [1.82, 2.24) is 0 Å². The lowest BCUT2D eigenvalue weighted by Gasteiger charge is -1.99. The van der Waals surface area contributed by atoms with Crippen LogP contribution in [0.15, 0.2) is 54.2 Å². The molecule has 0 saturated carbocycles. The lowest BCUT2D eigenvalue weighted by Crippen LogP contribution is -1.99. The van der Waals surface area contributed by atoms with Gasteiger partial charge in [0.2, 0.25) is 5.78 Å². The third-order valence-electron chi connectivity index (χ3n) is 3.10. The van der Waals surface area contributed by atoms with Crippen LogP contribution >= 0.6 is 0 Å². The minimum absolute atomic E-state index is 0.0288. The molecule has 0 aromatic heterocycles. The quantitative estimate of drug-likeness (QED) is 0.514. The Morgan fingerprint density at radius 3 is 2.40 bits per heavy atom. The van der Waals surface area contributed by atoms with Gasteiger partial charge in [0.25, 0.3) is 5.69 Å². The van der Waals surface area contributed by atoms with Crippen molar-refractivity contribution < 1.29 is 9.72 Å². The molecule has 0 fully saturated rings. The van der Waals surface area contributed by atoms with Crippen LogP contribution in [-0.4, -0.2) is 10.7 Å². The lowest BCUT2D eigenvalue weighted by atomic mass is 10.1. The van der Waals surface area contributed by atoms with Crippen LogP contribution in [0.3, 0.4) is 0 Å². The van der Waals surface area contributed by atoms with Crippen LogP contribution in [0.2, 0.25) is 0 Å². The number of nitro benzene ring substituents is 1. The number of fused-ring (bicyclic) bond motifs is 1. The first-order valence-electron chi connectivity index (χ1n) is 6.02. The second-order valence-corrected chi connectivity index (χ2v) is 4.41. The van der Waals surface area contributed by atoms with E-state index in [1.807, 2.05) is 18.2 Å². The van der Waals surface area contributed by atoms with Crippen molar-refractivity contribution >= 4 is 23.2 Å². The molecule has 0 unspecified atom stereocenters. The third kappa shape index (κ3) is 2.05. The van der Waals surface area contributed by atoms with E-state index < -0.39 is 4.92 Å². The monoisotopic (exact) mass is 266 g/mol. The summed E-state index contributed by atoms with van der Waals surface area (Å²) in [6.07, 6.45) is 1.69. The number of ketones is 1. The molecule has 1 N–H and O–H groups in total. The molecular formula is C15H10N2O3. The summed E-state index contributed by atoms with van der Waals surface area (Å²) in [7, 11) is 0. The highest BCUT2D eigenvalue weighted by atomic mass is 16.6. The van der Waals surface area contributed by atoms with Crippen molar-refractivity contribution in [2.24, 2.45) is 0 Å². The first-order chi connectivity index (χ1) is 9.65. The molecule has 5 heteroatoms. The van der Waals surface area contributed by atoms with Crippen molar-refractivity contribution in [2.75, 3.05) is 5.32 Å². The summed E-state index contributed by atoms with van der Waals surface area (Å²) in [6.45, 7) is 0. The molecule has 5 nitrogen and oxygen atoms in total. The highest BCUT2D eigenvalue weighted by molar-refractivity contribution is 6.20. The van der Waals surface area contributed by atoms with E-state index in [0.29, 0.717) is 11.3 Å². The van der Waals surface area contributed by atoms with Gasteiger partial charge in [-0.15, -0.1) is 0 Å². The predicted octanol–water partition coefficient (Wildman–Crippen LogP) is 3.24. The van der Waals surface area contributed by atoms with Gasteiger partial charge in [-0.3, -0.25) is 14.9 Å². The van der Waals surface area contributed by atoms with Gasteiger partial charge in [0, 0.05) is 23.4 Å². The molecule has 3 rings (SSSR count). The summed E-state index contributed by atoms with van der Waals surface area (Å²) in [6, 6.07) is 13.3. The first-order valence-corrected chi connectivity index (χ1v) is 6.02. The second kappa shape index (κ2) is 4.62. The standard InChI is InChI=1S/C15H10N2O3/c18-15-12-3-1-2-4-13(12)16-14(15)9-10-5-7-11(8-6-10)17(19)20/h1-9,16H/b14-9-. The number of carbonyl (C=O) groups excluding carboxylic acids is 1. The molecule has 2 aromatic rings. The number of non-ortho nitro benzene ring substituents is 1. The molecule has 0 saturated heterocycles. The van der Waals surface area contributed by atoms with Crippen LogP contribution in [0, 0.1) is 10.1 Å². The normalized spacial score (nSPS) is 15.0. The average molecular weight is 266 g/mol. The van der Waals surface area contributed by atoms with Crippen molar-refractivity contribution in [3.63, 3.8) is 0 Å². The summed E-state index contributed by atoms with van der Waals surface area (Å²) >= 11 is 0. The van der Waals surface area contributed by atoms with Gasteiger partial charge in [0.05, 0.1) is 10.6 Å². The zero-order chi connectivity index (χ0) is 14.1. The van der Waals surface area contributed by atoms with Crippen LogP contribution in [-0.2, 0) is 0 Å². The first kappa shape index (κ1) is 12.1. The topological polar surface area (TPSA) is 72.2 Å². The summed E-state index contributed by atoms with van der Waals surface area (Å²) in [5.74, 6) is -0.0704. The van der Waals surface area contributed by atoms with Crippen molar-refractivity contribution in [1.29, 1.82) is 0 Å². The highest BCUT2D eigenvalue weighted by Crippen LogP contribution is 2.28. The number of hydrogen-bond acceptors (Lipinski definition) is 4. The molecule has 98 valence electrons. The van der Waals surface area contributed by atoms with E-state index in [0.717, 1.165) is 11.3 Å². The van der Waals surface area contributed by atoms with E-state index in [9.17, 15) is 14.9 Å². The number of rotatable bonds is 2. The van der Waals surface area contributed by atoms with E-state index in [2.05, 4.69) is 5.32 Å². The molecule has 0 bridgehead atoms. The fourth-order valence-electron chi connectivity index (χ4n) is 2.10. The Kier molecular flexibility index (Phi) is 2.80. The molecule has 1 heterocycles. The molecule has 0 atom stereocenters. The third-order valence-corrected chi connectivity index (χ3v) is 3.10. The number of anilines is 1. The molecular weight excluding hydrogens is 256 g/mol. The largest absolute Gasteiger partial charge is 0.352 e. The van der Waals surface area contributed by atoms with Gasteiger partial charge in [0.1, 0.15) is 0 Å². The lowest BCUT2D eigenvalue weighted by molar-refractivity contribution is -0.384. The predicted molar refractivity (Wildman–Crippen MR) is 75.5 cm³/mol. The Labute approximate surface area is 114 Å². The number of nitro groups is 1. The van der Waals surface area contributed by atoms with Crippen molar-refractivity contribution in [3.05, 3.63) is 75.5 Å². The molecule has 0 aliphatic carbocycles. The number of carbonyl (C=O) groups is 1. The Bertz CT molecular complexity index is 733. The van der Waals surface area contributed by atoms with Crippen LogP contribution in [0.1, 0.15) is 15.9 Å². The number of nitrogens with zero attached hydrogens (tertiary/aromatic N) is 1. The zero-order valence-electron chi connectivity index (χ0n) is 10.4. The summed E-state index contributed by atoms with van der Waals surface area (Å²) < 4.78 is 0. The smallest absolute Gasteiger partial charge is 0.269 e. The molecule has 1 aliphatic heterocycles. The SMILES string of the molecule is O=C1/C(=C/c2ccc([N+](=O)[O-])cc2)Nc2ccccc21. The molecule has 1 aliphatic rings.